The molecule has 1 N–H and O–H groups in total. The maximum Gasteiger partial charge on any atom is 0.251 e. The molecule has 0 radical (unpaired) electrons. The fraction of sp³-hybridized carbons (Fsp3) is 0.389. The van der Waals surface area contributed by atoms with Crippen LogP contribution in [0.3, 0.4) is 0 Å². The fourth-order valence-corrected chi connectivity index (χ4v) is 3.11. The number of aromatic nitrogens is 1. The van der Waals surface area contributed by atoms with Crippen molar-refractivity contribution in [3.05, 3.63) is 59.4 Å². The number of amides is 1. The van der Waals surface area contributed by atoms with E-state index in [0.29, 0.717) is 12.2 Å². The van der Waals surface area contributed by atoms with Crippen LogP contribution in [0.1, 0.15) is 27.7 Å². The van der Waals surface area contributed by atoms with Crippen molar-refractivity contribution < 1.29 is 9.53 Å². The number of nitrogens with zero attached hydrogens (tertiary/aromatic N) is 2. The smallest absolute Gasteiger partial charge is 0.251 e. The SMILES string of the molecule is CNC(=O)c1cccc(CN2CCOCC2c2cccn2C)c1. The highest BCUT2D eigenvalue weighted by atomic mass is 16.5. The third kappa shape index (κ3) is 3.46. The summed E-state index contributed by atoms with van der Waals surface area (Å²) in [6.45, 7) is 3.15. The van der Waals surface area contributed by atoms with Gasteiger partial charge in [-0.05, 0) is 29.8 Å². The highest BCUT2D eigenvalue weighted by molar-refractivity contribution is 5.94. The predicted molar refractivity (Wildman–Crippen MR) is 89.2 cm³/mol. The lowest BCUT2D eigenvalue weighted by Gasteiger charge is -2.36. The van der Waals surface area contributed by atoms with Gasteiger partial charge in [-0.15, -0.1) is 0 Å². The summed E-state index contributed by atoms with van der Waals surface area (Å²) >= 11 is 0. The van der Waals surface area contributed by atoms with E-state index in [1.165, 1.54) is 5.69 Å². The summed E-state index contributed by atoms with van der Waals surface area (Å²) in [5, 5.41) is 2.67. The van der Waals surface area contributed by atoms with Crippen molar-refractivity contribution in [1.82, 2.24) is 14.8 Å². The molecule has 1 aliphatic rings. The summed E-state index contributed by atoms with van der Waals surface area (Å²) in [5.74, 6) is -0.0483. The summed E-state index contributed by atoms with van der Waals surface area (Å²) in [4.78, 5) is 14.2. The number of aryl methyl sites for hydroxylation is 1. The van der Waals surface area contributed by atoms with Crippen molar-refractivity contribution in [3.8, 4) is 0 Å². The van der Waals surface area contributed by atoms with Crippen LogP contribution in [-0.4, -0.2) is 42.2 Å². The van der Waals surface area contributed by atoms with E-state index in [4.69, 9.17) is 4.74 Å². The molecule has 1 aromatic carbocycles. The summed E-state index contributed by atoms with van der Waals surface area (Å²) in [6.07, 6.45) is 2.06. The van der Waals surface area contributed by atoms with E-state index in [1.54, 1.807) is 7.05 Å². The third-order valence-corrected chi connectivity index (χ3v) is 4.37. The molecule has 23 heavy (non-hydrogen) atoms. The molecule has 5 heteroatoms. The first-order valence-corrected chi connectivity index (χ1v) is 7.93. The minimum atomic E-state index is -0.0483. The van der Waals surface area contributed by atoms with Crippen LogP contribution in [-0.2, 0) is 18.3 Å². The molecule has 1 aliphatic heterocycles. The van der Waals surface area contributed by atoms with Crippen LogP contribution < -0.4 is 5.32 Å². The van der Waals surface area contributed by atoms with Gasteiger partial charge in [-0.2, -0.15) is 0 Å². The topological polar surface area (TPSA) is 46.5 Å². The van der Waals surface area contributed by atoms with E-state index in [9.17, 15) is 4.79 Å². The average Bonchev–Trinajstić information content (AvgIpc) is 3.01. The first-order valence-electron chi connectivity index (χ1n) is 7.93. The van der Waals surface area contributed by atoms with Gasteiger partial charge in [0.15, 0.2) is 0 Å². The monoisotopic (exact) mass is 313 g/mol. The Kier molecular flexibility index (Phi) is 4.79. The number of carbonyl (C=O) groups excluding carboxylic acids is 1. The third-order valence-electron chi connectivity index (χ3n) is 4.37. The molecular formula is C18H23N3O2. The molecule has 1 atom stereocenters. The number of benzene rings is 1. The van der Waals surface area contributed by atoms with Crippen molar-refractivity contribution in [3.63, 3.8) is 0 Å². The molecule has 2 heterocycles. The molecule has 1 unspecified atom stereocenters. The van der Waals surface area contributed by atoms with Gasteiger partial charge in [0.2, 0.25) is 0 Å². The zero-order chi connectivity index (χ0) is 16.2. The largest absolute Gasteiger partial charge is 0.378 e. The number of hydrogen-bond acceptors (Lipinski definition) is 3. The van der Waals surface area contributed by atoms with E-state index in [0.717, 1.165) is 25.3 Å². The second-order valence-corrected chi connectivity index (χ2v) is 5.88. The van der Waals surface area contributed by atoms with Gasteiger partial charge < -0.3 is 14.6 Å². The summed E-state index contributed by atoms with van der Waals surface area (Å²) in [7, 11) is 3.72. The van der Waals surface area contributed by atoms with Gasteiger partial charge in [0.25, 0.3) is 5.91 Å². The molecule has 0 spiro atoms. The predicted octanol–water partition coefficient (Wildman–Crippen LogP) is 1.96. The molecule has 3 rings (SSSR count). The molecule has 0 aliphatic carbocycles. The van der Waals surface area contributed by atoms with E-state index >= 15 is 0 Å². The standard InChI is InChI=1S/C18H23N3O2/c1-19-18(22)15-6-3-5-14(11-15)12-21-9-10-23-13-17(21)16-7-4-8-20(16)2/h3-8,11,17H,9-10,12-13H2,1-2H3,(H,19,22). The van der Waals surface area contributed by atoms with Crippen LogP contribution >= 0.6 is 0 Å². The highest BCUT2D eigenvalue weighted by Crippen LogP contribution is 2.26. The van der Waals surface area contributed by atoms with Crippen molar-refractivity contribution >= 4 is 5.91 Å². The van der Waals surface area contributed by atoms with E-state index in [1.807, 2.05) is 18.2 Å². The Morgan fingerprint density at radius 2 is 2.22 bits per heavy atom. The molecule has 0 saturated carbocycles. The van der Waals surface area contributed by atoms with Crippen LogP contribution in [0.5, 0.6) is 0 Å². The summed E-state index contributed by atoms with van der Waals surface area (Å²) < 4.78 is 7.84. The van der Waals surface area contributed by atoms with Gasteiger partial charge in [0, 0.05) is 44.6 Å². The highest BCUT2D eigenvalue weighted by Gasteiger charge is 2.26. The van der Waals surface area contributed by atoms with Gasteiger partial charge in [-0.25, -0.2) is 0 Å². The number of morpholine rings is 1. The number of hydrogen-bond donors (Lipinski definition) is 1. The van der Waals surface area contributed by atoms with Crippen molar-refractivity contribution in [2.75, 3.05) is 26.8 Å². The molecule has 1 fully saturated rings. The van der Waals surface area contributed by atoms with E-state index in [2.05, 4.69) is 46.2 Å². The minimum absolute atomic E-state index is 0.0483. The van der Waals surface area contributed by atoms with Crippen LogP contribution in [0.2, 0.25) is 0 Å². The lowest BCUT2D eigenvalue weighted by atomic mass is 10.1. The molecule has 1 amide bonds. The average molecular weight is 313 g/mol. The Balaban J connectivity index is 1.80. The van der Waals surface area contributed by atoms with Crippen LogP contribution in [0, 0.1) is 0 Å². The maximum atomic E-state index is 11.8. The number of rotatable bonds is 4. The number of ether oxygens (including phenoxy) is 1. The lowest BCUT2D eigenvalue weighted by molar-refractivity contribution is -0.0152. The first-order chi connectivity index (χ1) is 11.2. The fourth-order valence-electron chi connectivity index (χ4n) is 3.11. The Morgan fingerprint density at radius 1 is 1.35 bits per heavy atom. The summed E-state index contributed by atoms with van der Waals surface area (Å²) in [5.41, 5.74) is 3.10. The molecule has 122 valence electrons. The van der Waals surface area contributed by atoms with Gasteiger partial charge in [-0.1, -0.05) is 12.1 Å². The lowest BCUT2D eigenvalue weighted by Crippen LogP contribution is -2.39. The number of nitrogens with one attached hydrogen (secondary N) is 1. The van der Waals surface area contributed by atoms with Gasteiger partial charge in [0.05, 0.1) is 19.3 Å². The first kappa shape index (κ1) is 15.8. The zero-order valence-corrected chi connectivity index (χ0v) is 13.7. The van der Waals surface area contributed by atoms with Crippen molar-refractivity contribution in [1.29, 1.82) is 0 Å². The minimum Gasteiger partial charge on any atom is -0.378 e. The second kappa shape index (κ2) is 6.98. The van der Waals surface area contributed by atoms with Gasteiger partial charge in [-0.3, -0.25) is 9.69 Å². The molecule has 2 aromatic rings. The van der Waals surface area contributed by atoms with Crippen LogP contribution in [0.25, 0.3) is 0 Å². The molecule has 0 bridgehead atoms. The normalized spacial score (nSPS) is 18.8. The quantitative estimate of drug-likeness (QED) is 0.938. The van der Waals surface area contributed by atoms with Crippen LogP contribution in [0.15, 0.2) is 42.6 Å². The second-order valence-electron chi connectivity index (χ2n) is 5.88. The van der Waals surface area contributed by atoms with Gasteiger partial charge in [0.1, 0.15) is 0 Å². The van der Waals surface area contributed by atoms with Crippen molar-refractivity contribution in [2.24, 2.45) is 7.05 Å². The number of carbonyl (C=O) groups is 1. The van der Waals surface area contributed by atoms with E-state index in [-0.39, 0.29) is 11.9 Å². The Labute approximate surface area is 136 Å². The van der Waals surface area contributed by atoms with E-state index < -0.39 is 0 Å². The Morgan fingerprint density at radius 3 is 2.96 bits per heavy atom. The van der Waals surface area contributed by atoms with Gasteiger partial charge >= 0.3 is 0 Å². The maximum absolute atomic E-state index is 11.8. The molecular weight excluding hydrogens is 290 g/mol. The zero-order valence-electron chi connectivity index (χ0n) is 13.7. The van der Waals surface area contributed by atoms with Crippen LogP contribution in [0.4, 0.5) is 0 Å². The van der Waals surface area contributed by atoms with Crippen molar-refractivity contribution in [2.45, 2.75) is 12.6 Å². The Bertz CT molecular complexity index is 680. The molecule has 5 nitrogen and oxygen atoms in total. The Hall–Kier alpha value is -2.11. The molecule has 1 saturated heterocycles. The molecule has 1 aromatic heterocycles. The summed E-state index contributed by atoms with van der Waals surface area (Å²) in [6, 6.07) is 12.3.